The molecule has 11 heteroatoms. The molecular formula is C35H54FN5O4S. The average Bonchev–Trinajstić information content (AvgIpc) is 3.53. The minimum absolute atomic E-state index is 0. The average molecular weight is 660 g/mol. The van der Waals surface area contributed by atoms with E-state index in [-0.39, 0.29) is 47.2 Å². The number of halogens is 1. The number of para-hydroxylation sites is 2. The van der Waals surface area contributed by atoms with E-state index >= 15 is 4.39 Å². The Hall–Kier alpha value is -3.31. The maximum Gasteiger partial charge on any atom is 0.322 e. The Balaban J connectivity index is 0.00000217. The Morgan fingerprint density at radius 1 is 1.04 bits per heavy atom. The number of fused-ring (bicyclic) bond motifs is 1. The van der Waals surface area contributed by atoms with Crippen molar-refractivity contribution in [3.63, 3.8) is 0 Å². The quantitative estimate of drug-likeness (QED) is 0.366. The topological polar surface area (TPSA) is 96.4 Å². The highest BCUT2D eigenvalue weighted by atomic mass is 32.2. The van der Waals surface area contributed by atoms with Gasteiger partial charge in [-0.15, -0.1) is 11.8 Å². The monoisotopic (exact) mass is 659 g/mol. The van der Waals surface area contributed by atoms with E-state index in [0.717, 1.165) is 29.7 Å². The SMILES string of the molecule is CC(C)(C)CCN1C(=O)[C@H](CC(=O)N2CCC(N3CCc4ccccc4NC3=O)CC2)SC1c1cccc(F)c1N1CC[C@H](O)C1.[HH].[HH].[HH].[HH]. The number of carbonyl (C=O) groups is 3. The lowest BCUT2D eigenvalue weighted by Crippen LogP contribution is -2.50. The highest BCUT2D eigenvalue weighted by molar-refractivity contribution is 8.01. The number of benzene rings is 2. The van der Waals surface area contributed by atoms with E-state index in [4.69, 9.17) is 0 Å². The first kappa shape index (κ1) is 32.6. The molecule has 9 nitrogen and oxygen atoms in total. The summed E-state index contributed by atoms with van der Waals surface area (Å²) in [6.07, 6.45) is 3.08. The van der Waals surface area contributed by atoms with E-state index in [0.29, 0.717) is 64.2 Å². The zero-order chi connectivity index (χ0) is 32.6. The molecule has 2 aromatic rings. The second kappa shape index (κ2) is 13.4. The highest BCUT2D eigenvalue weighted by Crippen LogP contribution is 2.48. The molecule has 4 heterocycles. The fourth-order valence-electron chi connectivity index (χ4n) is 7.11. The van der Waals surface area contributed by atoms with Crippen LogP contribution in [0.4, 0.5) is 20.6 Å². The summed E-state index contributed by atoms with van der Waals surface area (Å²) in [5, 5.41) is 12.3. The van der Waals surface area contributed by atoms with Gasteiger partial charge < -0.3 is 30.0 Å². The molecular weight excluding hydrogens is 605 g/mol. The van der Waals surface area contributed by atoms with Crippen LogP contribution < -0.4 is 10.2 Å². The summed E-state index contributed by atoms with van der Waals surface area (Å²) in [6, 6.07) is 12.8. The number of hydrogen-bond acceptors (Lipinski definition) is 6. The Bertz CT molecular complexity index is 1480. The molecule has 0 aliphatic carbocycles. The number of aliphatic hydroxyl groups is 1. The molecule has 4 amide bonds. The summed E-state index contributed by atoms with van der Waals surface area (Å²) in [6.45, 7) is 9.52. The number of hydrogen-bond donors (Lipinski definition) is 2. The molecule has 3 fully saturated rings. The molecule has 1 unspecified atom stereocenters. The van der Waals surface area contributed by atoms with Crippen molar-refractivity contribution in [2.75, 3.05) is 49.5 Å². The molecule has 46 heavy (non-hydrogen) atoms. The highest BCUT2D eigenvalue weighted by Gasteiger charge is 2.44. The van der Waals surface area contributed by atoms with Crippen molar-refractivity contribution in [3.8, 4) is 0 Å². The Labute approximate surface area is 281 Å². The van der Waals surface area contributed by atoms with Crippen LogP contribution in [0, 0.1) is 11.2 Å². The molecule has 3 atom stereocenters. The number of urea groups is 1. The van der Waals surface area contributed by atoms with E-state index in [1.807, 2.05) is 49.9 Å². The number of likely N-dealkylation sites (tertiary alicyclic amines) is 1. The predicted molar refractivity (Wildman–Crippen MR) is 188 cm³/mol. The molecule has 2 N–H and O–H groups in total. The van der Waals surface area contributed by atoms with Crippen molar-refractivity contribution in [2.24, 2.45) is 5.41 Å². The summed E-state index contributed by atoms with van der Waals surface area (Å²) in [7, 11) is 0. The van der Waals surface area contributed by atoms with Crippen LogP contribution in [0.1, 0.15) is 75.1 Å². The smallest absolute Gasteiger partial charge is 0.322 e. The zero-order valence-corrected chi connectivity index (χ0v) is 27.9. The van der Waals surface area contributed by atoms with Crippen LogP contribution in [0.3, 0.4) is 0 Å². The zero-order valence-electron chi connectivity index (χ0n) is 27.1. The number of β-amino-alcohol motifs (C(OH)–C–C–N with tert-alkyl or cyclic N) is 1. The number of nitrogens with one attached hydrogen (secondary N) is 1. The summed E-state index contributed by atoms with van der Waals surface area (Å²) in [5.74, 6) is -0.504. The van der Waals surface area contributed by atoms with Gasteiger partial charge in [-0.05, 0) is 55.2 Å². The molecule has 256 valence electrons. The second-order valence-electron chi connectivity index (χ2n) is 14.2. The molecule has 4 aliphatic rings. The first-order chi connectivity index (χ1) is 22.0. The minimum atomic E-state index is -0.564. The van der Waals surface area contributed by atoms with E-state index in [1.165, 1.54) is 17.8 Å². The van der Waals surface area contributed by atoms with Crippen LogP contribution in [0.5, 0.6) is 0 Å². The lowest BCUT2D eigenvalue weighted by Gasteiger charge is -2.38. The lowest BCUT2D eigenvalue weighted by atomic mass is 9.92. The summed E-state index contributed by atoms with van der Waals surface area (Å²) in [4.78, 5) is 48.1. The number of anilines is 2. The van der Waals surface area contributed by atoms with Gasteiger partial charge in [-0.25, -0.2) is 9.18 Å². The van der Waals surface area contributed by atoms with Crippen molar-refractivity contribution < 1.29 is 29.6 Å². The standard InChI is InChI=1S/C35H46FN5O4S.4H2/c1-35(2,3)15-20-41-32(44)29(46-33(41)26-8-6-9-27(36)31(26)39-18-14-25(42)22-39)21-30(43)38-16-12-24(13-17-38)40-19-11-23-7-4-5-10-28(23)37-34(40)45;;;;/h4-10,24-25,29,33,42H,11-22H2,1-3H3,(H,37,45);4*1H/t25-,29-,33?;;;;/m0..../s1. The van der Waals surface area contributed by atoms with Crippen molar-refractivity contribution >= 4 is 41.0 Å². The molecule has 6 rings (SSSR count). The molecule has 4 aliphatic heterocycles. The number of carbonyl (C=O) groups excluding carboxylic acids is 3. The van der Waals surface area contributed by atoms with Crippen LogP contribution in [0.15, 0.2) is 42.5 Å². The van der Waals surface area contributed by atoms with E-state index in [2.05, 4.69) is 26.1 Å². The molecule has 2 aromatic carbocycles. The third-order valence-corrected chi connectivity index (χ3v) is 11.2. The minimum Gasteiger partial charge on any atom is -0.391 e. The number of aliphatic hydroxyl groups excluding tert-OH is 1. The molecule has 0 spiro atoms. The second-order valence-corrected chi connectivity index (χ2v) is 15.5. The summed E-state index contributed by atoms with van der Waals surface area (Å²) in [5.41, 5.74) is 3.14. The Morgan fingerprint density at radius 2 is 1.80 bits per heavy atom. The van der Waals surface area contributed by atoms with Gasteiger partial charge in [0.25, 0.3) is 0 Å². The molecule has 0 bridgehead atoms. The van der Waals surface area contributed by atoms with Crippen LogP contribution >= 0.6 is 11.8 Å². The van der Waals surface area contributed by atoms with Gasteiger partial charge in [-0.1, -0.05) is 51.1 Å². The lowest BCUT2D eigenvalue weighted by molar-refractivity contribution is -0.137. The van der Waals surface area contributed by atoms with Crippen molar-refractivity contribution in [2.45, 2.75) is 82.1 Å². The number of rotatable bonds is 7. The van der Waals surface area contributed by atoms with Crippen molar-refractivity contribution in [3.05, 3.63) is 59.4 Å². The molecule has 0 aromatic heterocycles. The third-order valence-electron chi connectivity index (χ3n) is 9.76. The first-order valence-corrected chi connectivity index (χ1v) is 17.5. The molecule has 0 radical (unpaired) electrons. The van der Waals surface area contributed by atoms with Gasteiger partial charge in [0.2, 0.25) is 11.8 Å². The van der Waals surface area contributed by atoms with Gasteiger partial charge in [-0.3, -0.25) is 9.59 Å². The largest absolute Gasteiger partial charge is 0.391 e. The number of nitrogens with zero attached hydrogens (tertiary/aromatic N) is 4. The van der Waals surface area contributed by atoms with Gasteiger partial charge in [0.05, 0.1) is 17.0 Å². The van der Waals surface area contributed by atoms with Crippen molar-refractivity contribution in [1.29, 1.82) is 0 Å². The Kier molecular flexibility index (Phi) is 9.53. The third kappa shape index (κ3) is 7.00. The van der Waals surface area contributed by atoms with Gasteiger partial charge >= 0.3 is 6.03 Å². The normalized spacial score (nSPS) is 24.3. The molecule has 3 saturated heterocycles. The number of thioether (sulfide) groups is 1. The van der Waals surface area contributed by atoms with Gasteiger partial charge in [0.15, 0.2) is 0 Å². The molecule has 0 saturated carbocycles. The number of piperidine rings is 1. The fourth-order valence-corrected chi connectivity index (χ4v) is 8.61. The van der Waals surface area contributed by atoms with Gasteiger partial charge in [-0.2, -0.15) is 0 Å². The summed E-state index contributed by atoms with van der Waals surface area (Å²) < 4.78 is 15.4. The Morgan fingerprint density at radius 3 is 2.52 bits per heavy atom. The van der Waals surface area contributed by atoms with E-state index in [1.54, 1.807) is 6.07 Å². The van der Waals surface area contributed by atoms with Crippen LogP contribution in [-0.2, 0) is 16.0 Å². The van der Waals surface area contributed by atoms with Crippen LogP contribution in [-0.4, -0.2) is 94.3 Å². The van der Waals surface area contributed by atoms with Crippen molar-refractivity contribution in [1.82, 2.24) is 14.7 Å². The maximum absolute atomic E-state index is 15.4. The van der Waals surface area contributed by atoms with E-state index < -0.39 is 16.7 Å². The predicted octanol–water partition coefficient (Wildman–Crippen LogP) is 6.23. The maximum atomic E-state index is 15.4. The van der Waals surface area contributed by atoms with E-state index in [9.17, 15) is 19.5 Å². The van der Waals surface area contributed by atoms with Crippen LogP contribution in [0.25, 0.3) is 0 Å². The fraction of sp³-hybridized carbons (Fsp3) is 0.571. The first-order valence-electron chi connectivity index (χ1n) is 16.6. The summed E-state index contributed by atoms with van der Waals surface area (Å²) >= 11 is 1.44. The van der Waals surface area contributed by atoms with Crippen LogP contribution in [0.2, 0.25) is 0 Å². The van der Waals surface area contributed by atoms with Gasteiger partial charge in [0.1, 0.15) is 11.2 Å². The number of amides is 4. The van der Waals surface area contributed by atoms with Gasteiger partial charge in [0, 0.05) is 68.7 Å².